The van der Waals surface area contributed by atoms with Crippen LogP contribution in [0.4, 0.5) is 0 Å². The van der Waals surface area contributed by atoms with Crippen LogP contribution >= 0.6 is 0 Å². The molecule has 2 N–H and O–H groups in total. The largest absolute Gasteiger partial charge is 0.395 e. The molecule has 0 amide bonds. The minimum absolute atomic E-state index is 0.229. The van der Waals surface area contributed by atoms with E-state index in [1.165, 1.54) is 0 Å². The Morgan fingerprint density at radius 1 is 1.33 bits per heavy atom. The third-order valence-corrected chi connectivity index (χ3v) is 5.14. The van der Waals surface area contributed by atoms with Gasteiger partial charge in [0, 0.05) is 6.61 Å². The first-order valence-electron chi connectivity index (χ1n) is 5.76. The number of nitrogens with two attached hydrogens (primary N) is 1. The van der Waals surface area contributed by atoms with Gasteiger partial charge >= 0.3 is 8.56 Å². The van der Waals surface area contributed by atoms with Gasteiger partial charge in [0.1, 0.15) is 0 Å². The maximum absolute atomic E-state index is 5.77. The van der Waals surface area contributed by atoms with Crippen molar-refractivity contribution in [2.75, 3.05) is 6.61 Å². The van der Waals surface area contributed by atoms with E-state index in [1.54, 1.807) is 0 Å². The summed E-state index contributed by atoms with van der Waals surface area (Å²) in [6, 6.07) is 1.01. The van der Waals surface area contributed by atoms with Crippen molar-refractivity contribution in [1.29, 1.82) is 0 Å². The molecule has 92 valence electrons. The van der Waals surface area contributed by atoms with Gasteiger partial charge in [0.2, 0.25) is 0 Å². The molecule has 0 aromatic carbocycles. The highest BCUT2D eigenvalue weighted by molar-refractivity contribution is 6.66. The van der Waals surface area contributed by atoms with Gasteiger partial charge in [-0.25, -0.2) is 0 Å². The summed E-state index contributed by atoms with van der Waals surface area (Å²) in [4.78, 5) is 0. The Morgan fingerprint density at radius 2 is 1.87 bits per heavy atom. The smallest absolute Gasteiger partial charge is 0.336 e. The van der Waals surface area contributed by atoms with Crippen LogP contribution in [0.15, 0.2) is 0 Å². The van der Waals surface area contributed by atoms with Crippen LogP contribution in [0, 0.1) is 5.41 Å². The van der Waals surface area contributed by atoms with Crippen molar-refractivity contribution in [2.45, 2.75) is 59.9 Å². The molecule has 0 aliphatic carbocycles. The summed E-state index contributed by atoms with van der Waals surface area (Å²) in [5.41, 5.74) is 6.01. The molecule has 0 bridgehead atoms. The Kier molecular flexibility index (Phi) is 6.03. The molecule has 4 heteroatoms. The highest BCUT2D eigenvalue weighted by Gasteiger charge is 2.33. The molecule has 2 atom stereocenters. The third kappa shape index (κ3) is 7.96. The lowest BCUT2D eigenvalue weighted by atomic mass is 9.94. The zero-order valence-corrected chi connectivity index (χ0v) is 12.1. The first-order valence-corrected chi connectivity index (χ1v) is 8.28. The molecule has 0 aliphatic heterocycles. The molecule has 2 unspecified atom stereocenters. The molecule has 0 aromatic rings. The number of hydrogen-bond donors (Lipinski definition) is 1. The minimum atomic E-state index is -2.05. The summed E-state index contributed by atoms with van der Waals surface area (Å²) in [6.45, 7) is 13.4. The van der Waals surface area contributed by atoms with Gasteiger partial charge < -0.3 is 14.6 Å². The maximum Gasteiger partial charge on any atom is 0.336 e. The fourth-order valence-electron chi connectivity index (χ4n) is 1.47. The topological polar surface area (TPSA) is 44.5 Å². The second-order valence-corrected chi connectivity index (χ2v) is 8.74. The van der Waals surface area contributed by atoms with E-state index in [9.17, 15) is 0 Å². The lowest BCUT2D eigenvalue weighted by Crippen LogP contribution is -2.44. The molecule has 15 heavy (non-hydrogen) atoms. The lowest BCUT2D eigenvalue weighted by molar-refractivity contribution is 0.131. The van der Waals surface area contributed by atoms with Crippen LogP contribution in [0.25, 0.3) is 0 Å². The van der Waals surface area contributed by atoms with E-state index >= 15 is 0 Å². The maximum atomic E-state index is 5.77. The molecular weight excluding hydrogens is 206 g/mol. The Morgan fingerprint density at radius 3 is 2.20 bits per heavy atom. The molecule has 0 saturated heterocycles. The molecule has 0 saturated carbocycles. The first kappa shape index (κ1) is 15.1. The Bertz CT molecular complexity index is 180. The van der Waals surface area contributed by atoms with Crippen molar-refractivity contribution in [3.63, 3.8) is 0 Å². The monoisotopic (exact) mass is 233 g/mol. The Balaban J connectivity index is 4.24. The van der Waals surface area contributed by atoms with Crippen LogP contribution < -0.4 is 5.73 Å². The van der Waals surface area contributed by atoms with Crippen LogP contribution in [0.1, 0.15) is 41.0 Å². The van der Waals surface area contributed by atoms with Crippen molar-refractivity contribution in [3.8, 4) is 0 Å². The zero-order chi connectivity index (χ0) is 12.1. The van der Waals surface area contributed by atoms with Crippen LogP contribution in [0.5, 0.6) is 0 Å². The normalized spacial score (nSPS) is 18.6. The molecule has 0 radical (unpaired) electrons. The van der Waals surface area contributed by atoms with E-state index in [0.717, 1.165) is 12.5 Å². The fraction of sp³-hybridized carbons (Fsp3) is 1.00. The average molecular weight is 233 g/mol. The molecule has 0 aliphatic rings. The molecule has 0 fully saturated rings. The second-order valence-electron chi connectivity index (χ2n) is 5.45. The SMILES string of the molecule is CCO[Si](C)(CCC(C)(C)C)OC(C)N. The predicted octanol–water partition coefficient (Wildman–Crippen LogP) is 2.85. The highest BCUT2D eigenvalue weighted by Crippen LogP contribution is 2.27. The number of rotatable bonds is 6. The lowest BCUT2D eigenvalue weighted by Gasteiger charge is -2.31. The molecule has 0 rings (SSSR count). The van der Waals surface area contributed by atoms with Gasteiger partial charge in [-0.15, -0.1) is 0 Å². The van der Waals surface area contributed by atoms with E-state index in [1.807, 2.05) is 13.8 Å². The molecular formula is C11H27NO2Si. The van der Waals surface area contributed by atoms with Crippen molar-refractivity contribution in [3.05, 3.63) is 0 Å². The minimum Gasteiger partial charge on any atom is -0.395 e. The first-order chi connectivity index (χ1) is 6.68. The van der Waals surface area contributed by atoms with Crippen molar-refractivity contribution in [2.24, 2.45) is 11.1 Å². The van der Waals surface area contributed by atoms with Gasteiger partial charge in [-0.05, 0) is 38.3 Å². The van der Waals surface area contributed by atoms with Crippen LogP contribution in [-0.2, 0) is 8.85 Å². The predicted molar refractivity (Wildman–Crippen MR) is 66.9 cm³/mol. The number of hydrogen-bond acceptors (Lipinski definition) is 3. The average Bonchev–Trinajstić information content (AvgIpc) is 1.99. The van der Waals surface area contributed by atoms with Crippen LogP contribution in [0.3, 0.4) is 0 Å². The van der Waals surface area contributed by atoms with Crippen molar-refractivity contribution in [1.82, 2.24) is 0 Å². The summed E-state index contributed by atoms with van der Waals surface area (Å²) in [5.74, 6) is 0. The van der Waals surface area contributed by atoms with Crippen molar-refractivity contribution >= 4 is 8.56 Å². The van der Waals surface area contributed by atoms with Gasteiger partial charge in [-0.2, -0.15) is 0 Å². The van der Waals surface area contributed by atoms with Gasteiger partial charge in [-0.1, -0.05) is 20.8 Å². The van der Waals surface area contributed by atoms with Gasteiger partial charge in [0.05, 0.1) is 6.23 Å². The fourth-order valence-corrected chi connectivity index (χ4v) is 4.40. The van der Waals surface area contributed by atoms with Gasteiger partial charge in [0.15, 0.2) is 0 Å². The molecule has 0 heterocycles. The van der Waals surface area contributed by atoms with Gasteiger partial charge in [0.25, 0.3) is 0 Å². The summed E-state index contributed by atoms with van der Waals surface area (Å²) in [7, 11) is -2.05. The highest BCUT2D eigenvalue weighted by atomic mass is 28.4. The van der Waals surface area contributed by atoms with E-state index in [2.05, 4.69) is 27.3 Å². The summed E-state index contributed by atoms with van der Waals surface area (Å²) in [5, 5.41) is 0. The summed E-state index contributed by atoms with van der Waals surface area (Å²) in [6.07, 6.45) is 0.885. The van der Waals surface area contributed by atoms with E-state index in [4.69, 9.17) is 14.6 Å². The van der Waals surface area contributed by atoms with E-state index < -0.39 is 8.56 Å². The van der Waals surface area contributed by atoms with E-state index in [-0.39, 0.29) is 6.23 Å². The summed E-state index contributed by atoms with van der Waals surface area (Å²) < 4.78 is 11.5. The molecule has 0 spiro atoms. The van der Waals surface area contributed by atoms with Gasteiger partial charge in [-0.3, -0.25) is 0 Å². The second kappa shape index (κ2) is 5.99. The molecule has 3 nitrogen and oxygen atoms in total. The Hall–Kier alpha value is 0.0969. The standard InChI is InChI=1S/C11H27NO2Si/c1-7-13-15(6,14-10(2)12)9-8-11(3,4)5/h10H,7-9,12H2,1-6H3. The summed E-state index contributed by atoms with van der Waals surface area (Å²) >= 11 is 0. The van der Waals surface area contributed by atoms with Crippen molar-refractivity contribution < 1.29 is 8.85 Å². The Labute approximate surface area is 95.6 Å². The molecule has 0 aromatic heterocycles. The van der Waals surface area contributed by atoms with Crippen LogP contribution in [0.2, 0.25) is 12.6 Å². The van der Waals surface area contributed by atoms with Crippen LogP contribution in [-0.4, -0.2) is 21.4 Å². The quantitative estimate of drug-likeness (QED) is 0.567. The third-order valence-electron chi connectivity index (χ3n) is 2.21. The van der Waals surface area contributed by atoms with E-state index in [0.29, 0.717) is 12.0 Å². The zero-order valence-electron chi connectivity index (χ0n) is 11.1.